The first-order valence-electron chi connectivity index (χ1n) is 8.10. The van der Waals surface area contributed by atoms with Crippen LogP contribution < -0.4 is 5.32 Å². The van der Waals surface area contributed by atoms with Gasteiger partial charge in [0, 0.05) is 44.9 Å². The summed E-state index contributed by atoms with van der Waals surface area (Å²) in [6, 6.07) is 0. The molecule has 0 saturated carbocycles. The third-order valence-electron chi connectivity index (χ3n) is 4.49. The van der Waals surface area contributed by atoms with E-state index < -0.39 is 0 Å². The van der Waals surface area contributed by atoms with Crippen LogP contribution in [0.2, 0.25) is 0 Å². The highest BCUT2D eigenvalue weighted by Gasteiger charge is 2.39. The minimum Gasteiger partial charge on any atom is -0.381 e. The monoisotopic (exact) mass is 291 g/mol. The second-order valence-electron chi connectivity index (χ2n) is 5.74. The van der Waals surface area contributed by atoms with E-state index in [1.165, 1.54) is 11.3 Å². The van der Waals surface area contributed by atoms with Crippen LogP contribution in [-0.4, -0.2) is 36.3 Å². The molecule has 1 aromatic rings. The first-order chi connectivity index (χ1) is 10.3. The number of aryl methyl sites for hydroxylation is 1. The molecule has 3 rings (SSSR count). The van der Waals surface area contributed by atoms with E-state index in [0.29, 0.717) is 6.61 Å². The van der Waals surface area contributed by atoms with E-state index in [1.54, 1.807) is 0 Å². The second kappa shape index (κ2) is 6.38. The third kappa shape index (κ3) is 2.82. The highest BCUT2D eigenvalue weighted by molar-refractivity contribution is 5.30. The molecule has 0 bridgehead atoms. The Kier molecular flexibility index (Phi) is 4.52. The molecule has 0 atom stereocenters. The topological polar surface area (TPSA) is 56.3 Å². The van der Waals surface area contributed by atoms with Gasteiger partial charge in [0.2, 0.25) is 0 Å². The molecule has 2 aliphatic heterocycles. The van der Waals surface area contributed by atoms with Gasteiger partial charge in [0.1, 0.15) is 5.60 Å². The normalized spacial score (nSPS) is 21.0. The van der Waals surface area contributed by atoms with Gasteiger partial charge >= 0.3 is 0 Å². The van der Waals surface area contributed by atoms with Gasteiger partial charge in [-0.05, 0) is 31.9 Å². The summed E-state index contributed by atoms with van der Waals surface area (Å²) >= 11 is 0. The molecule has 21 heavy (non-hydrogen) atoms. The molecule has 1 N–H and O–H groups in total. The van der Waals surface area contributed by atoms with Crippen LogP contribution in [-0.2, 0) is 34.5 Å². The van der Waals surface area contributed by atoms with E-state index in [1.807, 2.05) is 6.92 Å². The molecule has 0 aliphatic carbocycles. The lowest BCUT2D eigenvalue weighted by Gasteiger charge is -2.36. The van der Waals surface area contributed by atoms with Crippen LogP contribution in [0.1, 0.15) is 49.5 Å². The lowest BCUT2D eigenvalue weighted by molar-refractivity contribution is -0.118. The van der Waals surface area contributed by atoms with Crippen LogP contribution in [0.15, 0.2) is 0 Å². The van der Waals surface area contributed by atoms with Crippen LogP contribution in [0, 0.1) is 0 Å². The van der Waals surface area contributed by atoms with Crippen molar-refractivity contribution in [2.75, 3.05) is 26.4 Å². The summed E-state index contributed by atoms with van der Waals surface area (Å²) in [6.45, 7) is 8.20. The van der Waals surface area contributed by atoms with E-state index in [2.05, 4.69) is 12.2 Å². The van der Waals surface area contributed by atoms with Crippen molar-refractivity contribution >= 4 is 0 Å². The standard InChI is InChI=1S/C16H25N3O2/c1-3-13-12-5-8-17-11-14(12)19-15(18-13)16(21-4-2)6-9-20-10-7-16/h17H,3-11H2,1-2H3. The molecule has 0 spiro atoms. The largest absolute Gasteiger partial charge is 0.381 e. The third-order valence-corrected chi connectivity index (χ3v) is 4.49. The molecule has 3 heterocycles. The van der Waals surface area contributed by atoms with Gasteiger partial charge in [-0.25, -0.2) is 9.97 Å². The molecule has 0 radical (unpaired) electrons. The maximum Gasteiger partial charge on any atom is 0.161 e. The Balaban J connectivity index is 2.03. The van der Waals surface area contributed by atoms with Gasteiger partial charge in [0.05, 0.1) is 5.69 Å². The number of nitrogens with zero attached hydrogens (tertiary/aromatic N) is 2. The van der Waals surface area contributed by atoms with Gasteiger partial charge < -0.3 is 14.8 Å². The Labute approximate surface area is 126 Å². The van der Waals surface area contributed by atoms with Crippen LogP contribution in [0.5, 0.6) is 0 Å². The molecule has 5 nitrogen and oxygen atoms in total. The van der Waals surface area contributed by atoms with Gasteiger partial charge in [0.25, 0.3) is 0 Å². The predicted molar refractivity (Wildman–Crippen MR) is 80.2 cm³/mol. The maximum absolute atomic E-state index is 6.12. The molecule has 5 heteroatoms. The zero-order valence-electron chi connectivity index (χ0n) is 13.1. The zero-order chi connectivity index (χ0) is 14.7. The Morgan fingerprint density at radius 3 is 2.76 bits per heavy atom. The molecular formula is C16H25N3O2. The lowest BCUT2D eigenvalue weighted by atomic mass is 9.91. The zero-order valence-corrected chi connectivity index (χ0v) is 13.1. The maximum atomic E-state index is 6.12. The van der Waals surface area contributed by atoms with Gasteiger partial charge in [-0.1, -0.05) is 6.92 Å². The number of ether oxygens (including phenoxy) is 2. The second-order valence-corrected chi connectivity index (χ2v) is 5.74. The van der Waals surface area contributed by atoms with Crippen molar-refractivity contribution < 1.29 is 9.47 Å². The smallest absolute Gasteiger partial charge is 0.161 e. The van der Waals surface area contributed by atoms with Crippen molar-refractivity contribution in [1.82, 2.24) is 15.3 Å². The van der Waals surface area contributed by atoms with E-state index in [0.717, 1.165) is 63.5 Å². The average Bonchev–Trinajstić information content (AvgIpc) is 2.55. The van der Waals surface area contributed by atoms with Crippen molar-refractivity contribution in [3.63, 3.8) is 0 Å². The Bertz CT molecular complexity index is 476. The summed E-state index contributed by atoms with van der Waals surface area (Å²) in [4.78, 5) is 9.78. The first kappa shape index (κ1) is 14.9. The van der Waals surface area contributed by atoms with E-state index in [-0.39, 0.29) is 5.60 Å². The highest BCUT2D eigenvalue weighted by Crippen LogP contribution is 2.35. The van der Waals surface area contributed by atoms with Crippen LogP contribution in [0.25, 0.3) is 0 Å². The molecule has 1 fully saturated rings. The minimum atomic E-state index is -0.358. The minimum absolute atomic E-state index is 0.358. The van der Waals surface area contributed by atoms with E-state index >= 15 is 0 Å². The Hall–Kier alpha value is -1.04. The summed E-state index contributed by atoms with van der Waals surface area (Å²) in [5.74, 6) is 0.868. The summed E-state index contributed by atoms with van der Waals surface area (Å²) in [5.41, 5.74) is 3.35. The van der Waals surface area contributed by atoms with Crippen molar-refractivity contribution in [3.05, 3.63) is 22.8 Å². The van der Waals surface area contributed by atoms with Gasteiger partial charge in [-0.3, -0.25) is 0 Å². The number of nitrogens with one attached hydrogen (secondary N) is 1. The van der Waals surface area contributed by atoms with Crippen molar-refractivity contribution in [2.24, 2.45) is 0 Å². The highest BCUT2D eigenvalue weighted by atomic mass is 16.5. The summed E-state index contributed by atoms with van der Waals surface area (Å²) < 4.78 is 11.6. The van der Waals surface area contributed by atoms with Crippen molar-refractivity contribution in [2.45, 2.75) is 51.7 Å². The van der Waals surface area contributed by atoms with E-state index in [9.17, 15) is 0 Å². The van der Waals surface area contributed by atoms with Gasteiger partial charge in [-0.15, -0.1) is 0 Å². The quantitative estimate of drug-likeness (QED) is 0.915. The fourth-order valence-corrected chi connectivity index (χ4v) is 3.34. The summed E-state index contributed by atoms with van der Waals surface area (Å²) in [6.07, 6.45) is 3.67. The Morgan fingerprint density at radius 1 is 1.24 bits per heavy atom. The number of fused-ring (bicyclic) bond motifs is 1. The molecule has 116 valence electrons. The molecule has 0 amide bonds. The fourth-order valence-electron chi connectivity index (χ4n) is 3.34. The van der Waals surface area contributed by atoms with Gasteiger partial charge in [-0.2, -0.15) is 0 Å². The van der Waals surface area contributed by atoms with Crippen LogP contribution >= 0.6 is 0 Å². The van der Waals surface area contributed by atoms with Crippen LogP contribution in [0.3, 0.4) is 0 Å². The predicted octanol–water partition coefficient (Wildman–Crippen LogP) is 1.73. The number of hydrogen-bond donors (Lipinski definition) is 1. The molecule has 0 aromatic carbocycles. The lowest BCUT2D eigenvalue weighted by Crippen LogP contribution is -2.39. The van der Waals surface area contributed by atoms with E-state index in [4.69, 9.17) is 19.4 Å². The molecular weight excluding hydrogens is 266 g/mol. The molecule has 1 aromatic heterocycles. The van der Waals surface area contributed by atoms with Crippen LogP contribution in [0.4, 0.5) is 0 Å². The van der Waals surface area contributed by atoms with Crippen molar-refractivity contribution in [1.29, 1.82) is 0 Å². The first-order valence-corrected chi connectivity index (χ1v) is 8.10. The fraction of sp³-hybridized carbons (Fsp3) is 0.750. The average molecular weight is 291 g/mol. The number of rotatable bonds is 4. The number of hydrogen-bond acceptors (Lipinski definition) is 5. The number of aromatic nitrogens is 2. The SMILES string of the molecule is CCOC1(c2nc(CC)c3c(n2)CNCC3)CCOCC1. The molecule has 1 saturated heterocycles. The molecule has 0 unspecified atom stereocenters. The van der Waals surface area contributed by atoms with Gasteiger partial charge in [0.15, 0.2) is 5.82 Å². The summed E-state index contributed by atoms with van der Waals surface area (Å²) in [7, 11) is 0. The van der Waals surface area contributed by atoms with Crippen molar-refractivity contribution in [3.8, 4) is 0 Å². The molecule has 2 aliphatic rings. The Morgan fingerprint density at radius 2 is 2.05 bits per heavy atom. The summed E-state index contributed by atoms with van der Waals surface area (Å²) in [5, 5.41) is 3.41.